The molecule has 0 unspecified atom stereocenters. The summed E-state index contributed by atoms with van der Waals surface area (Å²) in [5, 5.41) is 0.772. The molecular formula is C16H13F3. The summed E-state index contributed by atoms with van der Waals surface area (Å²) in [6.07, 6.45) is 1.41. The molecule has 2 aromatic carbocycles. The fourth-order valence-electron chi connectivity index (χ4n) is 2.63. The third kappa shape index (κ3) is 1.76. The average molecular weight is 262 g/mol. The summed E-state index contributed by atoms with van der Waals surface area (Å²) in [5.41, 5.74) is 2.20. The van der Waals surface area contributed by atoms with Crippen LogP contribution in [0.15, 0.2) is 23.8 Å². The smallest absolute Gasteiger partial charge is 0.166 e. The highest BCUT2D eigenvalue weighted by Gasteiger charge is 2.20. The quantitative estimate of drug-likeness (QED) is 0.621. The molecular weight excluding hydrogens is 249 g/mol. The van der Waals surface area contributed by atoms with Crippen molar-refractivity contribution in [3.8, 4) is 0 Å². The summed E-state index contributed by atoms with van der Waals surface area (Å²) < 4.78 is 41.6. The Balaban J connectivity index is 2.38. The van der Waals surface area contributed by atoms with Gasteiger partial charge in [0.15, 0.2) is 11.6 Å². The second-order valence-corrected chi connectivity index (χ2v) is 5.15. The number of aryl methyl sites for hydroxylation is 2. The van der Waals surface area contributed by atoms with Gasteiger partial charge in [-0.05, 0) is 60.9 Å². The zero-order chi connectivity index (χ0) is 13.7. The van der Waals surface area contributed by atoms with Gasteiger partial charge >= 0.3 is 0 Å². The van der Waals surface area contributed by atoms with E-state index in [1.165, 1.54) is 13.0 Å². The first kappa shape index (κ1) is 12.3. The third-order valence-electron chi connectivity index (χ3n) is 3.80. The van der Waals surface area contributed by atoms with Gasteiger partial charge in [-0.25, -0.2) is 13.2 Å². The molecule has 0 saturated carbocycles. The minimum atomic E-state index is -0.895. The Kier molecular flexibility index (Phi) is 2.66. The first-order chi connectivity index (χ1) is 8.99. The van der Waals surface area contributed by atoms with E-state index in [-0.39, 0.29) is 16.8 Å². The summed E-state index contributed by atoms with van der Waals surface area (Å²) in [6.45, 7) is 3.26. The van der Waals surface area contributed by atoms with Gasteiger partial charge in [0.1, 0.15) is 5.83 Å². The van der Waals surface area contributed by atoms with Gasteiger partial charge in [-0.15, -0.1) is 0 Å². The summed E-state index contributed by atoms with van der Waals surface area (Å²) in [4.78, 5) is 0. The van der Waals surface area contributed by atoms with Crippen molar-refractivity contribution in [3.05, 3.63) is 52.1 Å². The normalized spacial score (nSPS) is 15.0. The van der Waals surface area contributed by atoms with Crippen molar-refractivity contribution < 1.29 is 13.2 Å². The van der Waals surface area contributed by atoms with Crippen LogP contribution in [-0.2, 0) is 6.42 Å². The number of rotatable bonds is 0. The standard InChI is InChI=1S/C16H13F3/c1-8-3-4-10-6-11-5-9(2)15(18)16(19)13(11)7-12(10)14(8)17/h5-7H,3-4H2,1-2H3. The fourth-order valence-corrected chi connectivity index (χ4v) is 2.63. The molecule has 0 N–H and O–H groups in total. The molecule has 0 spiro atoms. The molecule has 0 saturated heterocycles. The van der Waals surface area contributed by atoms with Crippen LogP contribution in [0.3, 0.4) is 0 Å². The van der Waals surface area contributed by atoms with E-state index in [2.05, 4.69) is 0 Å². The zero-order valence-electron chi connectivity index (χ0n) is 10.8. The fraction of sp³-hybridized carbons (Fsp3) is 0.250. The summed E-state index contributed by atoms with van der Waals surface area (Å²) in [7, 11) is 0. The average Bonchev–Trinajstić information content (AvgIpc) is 2.39. The predicted octanol–water partition coefficient (Wildman–Crippen LogP) is 5.07. The molecule has 0 bridgehead atoms. The number of hydrogen-bond acceptors (Lipinski definition) is 0. The number of benzene rings is 2. The Morgan fingerprint density at radius 3 is 2.37 bits per heavy atom. The van der Waals surface area contributed by atoms with Crippen LogP contribution in [0.5, 0.6) is 0 Å². The van der Waals surface area contributed by atoms with Crippen LogP contribution < -0.4 is 0 Å². The van der Waals surface area contributed by atoms with Crippen molar-refractivity contribution in [1.29, 1.82) is 0 Å². The molecule has 0 fully saturated rings. The molecule has 0 atom stereocenters. The van der Waals surface area contributed by atoms with E-state index in [9.17, 15) is 13.2 Å². The molecule has 0 aliphatic heterocycles. The van der Waals surface area contributed by atoms with Crippen molar-refractivity contribution in [2.75, 3.05) is 0 Å². The van der Waals surface area contributed by atoms with Gasteiger partial charge in [0.25, 0.3) is 0 Å². The van der Waals surface area contributed by atoms with Crippen molar-refractivity contribution in [3.63, 3.8) is 0 Å². The largest absolute Gasteiger partial charge is 0.206 e. The molecule has 1 aliphatic carbocycles. The van der Waals surface area contributed by atoms with Crippen molar-refractivity contribution in [2.45, 2.75) is 26.7 Å². The van der Waals surface area contributed by atoms with Crippen molar-refractivity contribution in [2.24, 2.45) is 0 Å². The Bertz CT molecular complexity index is 727. The summed E-state index contributed by atoms with van der Waals surface area (Å²) in [5.74, 6) is -2.05. The highest BCUT2D eigenvalue weighted by molar-refractivity contribution is 5.89. The van der Waals surface area contributed by atoms with E-state index in [1.807, 2.05) is 0 Å². The van der Waals surface area contributed by atoms with Gasteiger partial charge in [-0.3, -0.25) is 0 Å². The SMILES string of the molecule is CC1=C(F)c2cc3c(F)c(F)c(C)cc3cc2CC1. The van der Waals surface area contributed by atoms with E-state index in [0.717, 1.165) is 12.0 Å². The Labute approximate surface area is 109 Å². The van der Waals surface area contributed by atoms with E-state index in [4.69, 9.17) is 0 Å². The second-order valence-electron chi connectivity index (χ2n) is 5.15. The maximum Gasteiger partial charge on any atom is 0.166 e. The molecule has 0 radical (unpaired) electrons. The molecule has 0 nitrogen and oxygen atoms in total. The maximum atomic E-state index is 14.1. The highest BCUT2D eigenvalue weighted by atomic mass is 19.2. The molecule has 0 aromatic heterocycles. The molecule has 98 valence electrons. The minimum absolute atomic E-state index is 0.145. The Morgan fingerprint density at radius 2 is 1.63 bits per heavy atom. The summed E-state index contributed by atoms with van der Waals surface area (Å²) in [6, 6.07) is 4.81. The van der Waals surface area contributed by atoms with Crippen LogP contribution in [0.1, 0.15) is 30.0 Å². The number of fused-ring (bicyclic) bond motifs is 2. The van der Waals surface area contributed by atoms with Gasteiger partial charge in [-0.2, -0.15) is 0 Å². The van der Waals surface area contributed by atoms with Crippen LogP contribution >= 0.6 is 0 Å². The lowest BCUT2D eigenvalue weighted by Crippen LogP contribution is -2.02. The lowest BCUT2D eigenvalue weighted by atomic mass is 9.89. The molecule has 3 heteroatoms. The lowest BCUT2D eigenvalue weighted by molar-refractivity contribution is 0.511. The van der Waals surface area contributed by atoms with Crippen LogP contribution in [0, 0.1) is 18.6 Å². The second kappa shape index (κ2) is 4.12. The summed E-state index contributed by atoms with van der Waals surface area (Å²) >= 11 is 0. The van der Waals surface area contributed by atoms with E-state index < -0.39 is 11.6 Å². The number of allylic oxidation sites excluding steroid dienone is 1. The van der Waals surface area contributed by atoms with Crippen LogP contribution in [0.25, 0.3) is 16.6 Å². The molecule has 0 amide bonds. The maximum absolute atomic E-state index is 14.1. The minimum Gasteiger partial charge on any atom is -0.206 e. The molecule has 3 rings (SSSR count). The number of halogens is 3. The van der Waals surface area contributed by atoms with Crippen molar-refractivity contribution in [1.82, 2.24) is 0 Å². The van der Waals surface area contributed by atoms with Gasteiger partial charge in [0, 0.05) is 10.9 Å². The molecule has 0 heterocycles. The van der Waals surface area contributed by atoms with Gasteiger partial charge in [0.2, 0.25) is 0 Å². The topological polar surface area (TPSA) is 0 Å². The van der Waals surface area contributed by atoms with Crippen molar-refractivity contribution >= 4 is 16.6 Å². The van der Waals surface area contributed by atoms with E-state index in [1.54, 1.807) is 19.1 Å². The monoisotopic (exact) mass is 262 g/mol. The highest BCUT2D eigenvalue weighted by Crippen LogP contribution is 2.36. The van der Waals surface area contributed by atoms with E-state index >= 15 is 0 Å². The molecule has 1 aliphatic rings. The van der Waals surface area contributed by atoms with Gasteiger partial charge in [0.05, 0.1) is 0 Å². The zero-order valence-corrected chi connectivity index (χ0v) is 10.8. The lowest BCUT2D eigenvalue weighted by Gasteiger charge is -2.18. The van der Waals surface area contributed by atoms with Crippen LogP contribution in [0.2, 0.25) is 0 Å². The Morgan fingerprint density at radius 1 is 0.895 bits per heavy atom. The first-order valence-electron chi connectivity index (χ1n) is 6.26. The van der Waals surface area contributed by atoms with Crippen LogP contribution in [0.4, 0.5) is 13.2 Å². The third-order valence-corrected chi connectivity index (χ3v) is 3.80. The van der Waals surface area contributed by atoms with Gasteiger partial charge in [-0.1, -0.05) is 6.07 Å². The predicted molar refractivity (Wildman–Crippen MR) is 70.6 cm³/mol. The van der Waals surface area contributed by atoms with Gasteiger partial charge < -0.3 is 0 Å². The number of hydrogen-bond donors (Lipinski definition) is 0. The molecule has 19 heavy (non-hydrogen) atoms. The molecule has 2 aromatic rings. The van der Waals surface area contributed by atoms with Crippen LogP contribution in [-0.4, -0.2) is 0 Å². The van der Waals surface area contributed by atoms with E-state index in [0.29, 0.717) is 22.9 Å². The Hall–Kier alpha value is -1.77. The first-order valence-corrected chi connectivity index (χ1v) is 6.26.